The van der Waals surface area contributed by atoms with Crippen LogP contribution < -0.4 is 10.1 Å². The number of carbonyl (C=O) groups excluding carboxylic acids is 1. The van der Waals surface area contributed by atoms with Crippen LogP contribution >= 0.6 is 0 Å². The van der Waals surface area contributed by atoms with Gasteiger partial charge in [-0.2, -0.15) is 4.31 Å². The molecule has 0 atom stereocenters. The Hall–Kier alpha value is -2.42. The van der Waals surface area contributed by atoms with E-state index in [0.29, 0.717) is 58.7 Å². The summed E-state index contributed by atoms with van der Waals surface area (Å²) < 4.78 is 37.6. The Kier molecular flexibility index (Phi) is 8.45. The maximum absolute atomic E-state index is 12.6. The van der Waals surface area contributed by atoms with Gasteiger partial charge in [-0.1, -0.05) is 29.8 Å². The van der Waals surface area contributed by atoms with Crippen molar-refractivity contribution in [1.29, 1.82) is 0 Å². The standard InChI is InChI=1S/C23H30N2O5S/c1-19-4-8-21(9-5-19)30-16-2-3-23(26)24-13-12-20-6-10-22(11-7-20)31(27,28)25-14-17-29-18-15-25/h4-11H,2-3,12-18H2,1H3,(H,24,26). The van der Waals surface area contributed by atoms with Crippen LogP contribution in [0.1, 0.15) is 24.0 Å². The van der Waals surface area contributed by atoms with Gasteiger partial charge in [-0.3, -0.25) is 4.79 Å². The zero-order valence-corrected chi connectivity index (χ0v) is 18.7. The van der Waals surface area contributed by atoms with Crippen LogP contribution in [-0.2, 0) is 26.0 Å². The van der Waals surface area contributed by atoms with Crippen molar-refractivity contribution < 1.29 is 22.7 Å². The minimum Gasteiger partial charge on any atom is -0.494 e. The van der Waals surface area contributed by atoms with Crippen molar-refractivity contribution in [1.82, 2.24) is 9.62 Å². The van der Waals surface area contributed by atoms with E-state index in [0.717, 1.165) is 11.3 Å². The van der Waals surface area contributed by atoms with E-state index < -0.39 is 10.0 Å². The number of carbonyl (C=O) groups is 1. The van der Waals surface area contributed by atoms with Gasteiger partial charge in [0.1, 0.15) is 5.75 Å². The fraction of sp³-hybridized carbons (Fsp3) is 0.435. The number of sulfonamides is 1. The Bertz CT molecular complexity index is 937. The number of hydrogen-bond acceptors (Lipinski definition) is 5. The molecule has 0 bridgehead atoms. The van der Waals surface area contributed by atoms with E-state index in [9.17, 15) is 13.2 Å². The third-order valence-corrected chi connectivity index (χ3v) is 7.02. The molecule has 0 unspecified atom stereocenters. The highest BCUT2D eigenvalue weighted by atomic mass is 32.2. The molecule has 0 spiro atoms. The van der Waals surface area contributed by atoms with Crippen LogP contribution in [-0.4, -0.2) is 58.1 Å². The van der Waals surface area contributed by atoms with E-state index in [1.165, 1.54) is 9.87 Å². The Morgan fingerprint density at radius 2 is 1.74 bits per heavy atom. The summed E-state index contributed by atoms with van der Waals surface area (Å²) in [6.45, 7) is 4.64. The van der Waals surface area contributed by atoms with E-state index in [1.54, 1.807) is 24.3 Å². The molecule has 3 rings (SSSR count). The van der Waals surface area contributed by atoms with Crippen molar-refractivity contribution in [2.75, 3.05) is 39.5 Å². The van der Waals surface area contributed by atoms with Gasteiger partial charge in [-0.15, -0.1) is 0 Å². The fourth-order valence-corrected chi connectivity index (χ4v) is 4.66. The van der Waals surface area contributed by atoms with Gasteiger partial charge in [0, 0.05) is 26.1 Å². The minimum absolute atomic E-state index is 0.0148. The lowest BCUT2D eigenvalue weighted by atomic mass is 10.1. The summed E-state index contributed by atoms with van der Waals surface area (Å²) in [5, 5.41) is 2.90. The molecule has 1 heterocycles. The third-order valence-electron chi connectivity index (χ3n) is 5.10. The van der Waals surface area contributed by atoms with E-state index in [-0.39, 0.29) is 10.8 Å². The molecule has 1 aliphatic heterocycles. The van der Waals surface area contributed by atoms with Crippen LogP contribution in [0.15, 0.2) is 53.4 Å². The van der Waals surface area contributed by atoms with Crippen LogP contribution in [0.2, 0.25) is 0 Å². The number of ether oxygens (including phenoxy) is 2. The molecule has 1 aliphatic rings. The smallest absolute Gasteiger partial charge is 0.243 e. The van der Waals surface area contributed by atoms with Crippen molar-refractivity contribution in [3.8, 4) is 5.75 Å². The first-order valence-corrected chi connectivity index (χ1v) is 12.0. The SMILES string of the molecule is Cc1ccc(OCCCC(=O)NCCc2ccc(S(=O)(=O)N3CCOCC3)cc2)cc1. The molecule has 31 heavy (non-hydrogen) atoms. The lowest BCUT2D eigenvalue weighted by molar-refractivity contribution is -0.121. The average Bonchev–Trinajstić information content (AvgIpc) is 2.79. The monoisotopic (exact) mass is 446 g/mol. The van der Waals surface area contributed by atoms with Crippen molar-refractivity contribution in [2.45, 2.75) is 31.1 Å². The average molecular weight is 447 g/mol. The maximum Gasteiger partial charge on any atom is 0.243 e. The Balaban J connectivity index is 1.35. The molecule has 8 heteroatoms. The van der Waals surface area contributed by atoms with Gasteiger partial charge in [-0.05, 0) is 49.6 Å². The topological polar surface area (TPSA) is 84.9 Å². The molecule has 1 fully saturated rings. The molecule has 0 aliphatic carbocycles. The third kappa shape index (κ3) is 7.05. The lowest BCUT2D eigenvalue weighted by Gasteiger charge is -2.26. The van der Waals surface area contributed by atoms with E-state index >= 15 is 0 Å². The number of amides is 1. The molecule has 1 N–H and O–H groups in total. The molecule has 2 aromatic rings. The number of morpholine rings is 1. The highest BCUT2D eigenvalue weighted by Crippen LogP contribution is 2.18. The van der Waals surface area contributed by atoms with Crippen molar-refractivity contribution in [3.05, 3.63) is 59.7 Å². The highest BCUT2D eigenvalue weighted by Gasteiger charge is 2.25. The fourth-order valence-electron chi connectivity index (χ4n) is 3.26. The Labute approximate surface area is 184 Å². The van der Waals surface area contributed by atoms with Gasteiger partial charge in [0.05, 0.1) is 24.7 Å². The van der Waals surface area contributed by atoms with E-state index in [4.69, 9.17) is 9.47 Å². The quantitative estimate of drug-likeness (QED) is 0.567. The van der Waals surface area contributed by atoms with Gasteiger partial charge >= 0.3 is 0 Å². The van der Waals surface area contributed by atoms with E-state index in [2.05, 4.69) is 5.32 Å². The number of nitrogens with one attached hydrogen (secondary N) is 1. The largest absolute Gasteiger partial charge is 0.494 e. The first-order chi connectivity index (χ1) is 14.9. The van der Waals surface area contributed by atoms with Crippen LogP contribution in [0.25, 0.3) is 0 Å². The van der Waals surface area contributed by atoms with Gasteiger partial charge in [0.2, 0.25) is 15.9 Å². The first-order valence-electron chi connectivity index (χ1n) is 10.6. The zero-order valence-electron chi connectivity index (χ0n) is 17.9. The molecule has 0 aromatic heterocycles. The number of aryl methyl sites for hydroxylation is 1. The maximum atomic E-state index is 12.6. The van der Waals surface area contributed by atoms with Crippen LogP contribution in [0.3, 0.4) is 0 Å². The Morgan fingerprint density at radius 1 is 1.06 bits per heavy atom. The normalized spacial score (nSPS) is 14.9. The van der Waals surface area contributed by atoms with Crippen LogP contribution in [0.4, 0.5) is 0 Å². The zero-order chi connectivity index (χ0) is 22.1. The minimum atomic E-state index is -3.48. The second-order valence-corrected chi connectivity index (χ2v) is 9.46. The summed E-state index contributed by atoms with van der Waals surface area (Å²) in [4.78, 5) is 12.3. The van der Waals surface area contributed by atoms with Crippen molar-refractivity contribution in [3.63, 3.8) is 0 Å². The Morgan fingerprint density at radius 3 is 2.42 bits per heavy atom. The van der Waals surface area contributed by atoms with E-state index in [1.807, 2.05) is 31.2 Å². The van der Waals surface area contributed by atoms with Gasteiger partial charge in [0.15, 0.2) is 0 Å². The molecule has 1 saturated heterocycles. The van der Waals surface area contributed by atoms with Gasteiger partial charge in [-0.25, -0.2) is 8.42 Å². The van der Waals surface area contributed by atoms with Crippen molar-refractivity contribution >= 4 is 15.9 Å². The number of rotatable bonds is 10. The van der Waals surface area contributed by atoms with Gasteiger partial charge in [0.25, 0.3) is 0 Å². The second-order valence-electron chi connectivity index (χ2n) is 7.53. The summed E-state index contributed by atoms with van der Waals surface area (Å²) in [7, 11) is -3.48. The lowest BCUT2D eigenvalue weighted by Crippen LogP contribution is -2.40. The van der Waals surface area contributed by atoms with Gasteiger partial charge < -0.3 is 14.8 Å². The molecule has 2 aromatic carbocycles. The first kappa shape index (κ1) is 23.2. The molecule has 7 nitrogen and oxygen atoms in total. The summed E-state index contributed by atoms with van der Waals surface area (Å²) in [6.07, 6.45) is 1.69. The molecular formula is C23H30N2O5S. The number of hydrogen-bond donors (Lipinski definition) is 1. The van der Waals surface area contributed by atoms with Crippen molar-refractivity contribution in [2.24, 2.45) is 0 Å². The molecule has 1 amide bonds. The van der Waals surface area contributed by atoms with Crippen LogP contribution in [0.5, 0.6) is 5.75 Å². The summed E-state index contributed by atoms with van der Waals surface area (Å²) in [6, 6.07) is 14.7. The highest BCUT2D eigenvalue weighted by molar-refractivity contribution is 7.89. The summed E-state index contributed by atoms with van der Waals surface area (Å²) >= 11 is 0. The predicted octanol–water partition coefficient (Wildman–Crippen LogP) is 2.53. The molecule has 168 valence electrons. The summed E-state index contributed by atoms with van der Waals surface area (Å²) in [5.41, 5.74) is 2.16. The number of nitrogens with zero attached hydrogens (tertiary/aromatic N) is 1. The second kappa shape index (κ2) is 11.3. The molecule has 0 saturated carbocycles. The van der Waals surface area contributed by atoms with Crippen LogP contribution in [0, 0.1) is 6.92 Å². The number of benzene rings is 2. The molecular weight excluding hydrogens is 416 g/mol. The summed E-state index contributed by atoms with van der Waals surface area (Å²) in [5.74, 6) is 0.795. The molecule has 0 radical (unpaired) electrons. The predicted molar refractivity (Wildman–Crippen MR) is 119 cm³/mol.